The molecule has 1 aromatic heterocycles. The van der Waals surface area contributed by atoms with Gasteiger partial charge in [-0.3, -0.25) is 9.59 Å². The maximum atomic E-state index is 12.1. The Hall–Kier alpha value is -2.40. The van der Waals surface area contributed by atoms with Gasteiger partial charge in [-0.05, 0) is 25.6 Å². The zero-order valence-electron chi connectivity index (χ0n) is 12.1. The summed E-state index contributed by atoms with van der Waals surface area (Å²) in [6, 6.07) is 8.68. The molecule has 0 bridgehead atoms. The SMILES string of the molecule is CNCc1cc(C(=O)NC(C)c2ccc(C=O)cc2)co1. The molecule has 0 radical (unpaired) electrons. The lowest BCUT2D eigenvalue weighted by molar-refractivity contribution is 0.0939. The fourth-order valence-electron chi connectivity index (χ4n) is 1.99. The van der Waals surface area contributed by atoms with Crippen molar-refractivity contribution in [2.75, 3.05) is 7.05 Å². The third-order valence-electron chi connectivity index (χ3n) is 3.19. The van der Waals surface area contributed by atoms with Gasteiger partial charge in [0, 0.05) is 5.56 Å². The van der Waals surface area contributed by atoms with E-state index in [1.165, 1.54) is 6.26 Å². The minimum absolute atomic E-state index is 0.152. The van der Waals surface area contributed by atoms with Gasteiger partial charge in [-0.15, -0.1) is 0 Å². The van der Waals surface area contributed by atoms with Crippen LogP contribution in [0.2, 0.25) is 0 Å². The summed E-state index contributed by atoms with van der Waals surface area (Å²) in [5.74, 6) is 0.527. The van der Waals surface area contributed by atoms with Gasteiger partial charge in [-0.25, -0.2) is 0 Å². The van der Waals surface area contributed by atoms with E-state index in [1.807, 2.05) is 26.1 Å². The van der Waals surface area contributed by atoms with Crippen molar-refractivity contribution < 1.29 is 14.0 Å². The molecule has 1 heterocycles. The fourth-order valence-corrected chi connectivity index (χ4v) is 1.99. The number of benzene rings is 1. The number of carbonyl (C=O) groups excluding carboxylic acids is 2. The quantitative estimate of drug-likeness (QED) is 0.799. The average Bonchev–Trinajstić information content (AvgIpc) is 2.96. The first-order valence-corrected chi connectivity index (χ1v) is 6.72. The Labute approximate surface area is 123 Å². The third kappa shape index (κ3) is 3.79. The predicted octanol–water partition coefficient (Wildman–Crippen LogP) is 2.30. The minimum atomic E-state index is -0.187. The molecule has 0 aliphatic carbocycles. The van der Waals surface area contributed by atoms with E-state index < -0.39 is 0 Å². The lowest BCUT2D eigenvalue weighted by Gasteiger charge is -2.13. The van der Waals surface area contributed by atoms with Crippen LogP contribution in [0.1, 0.15) is 45.0 Å². The van der Waals surface area contributed by atoms with Crippen molar-refractivity contribution in [2.24, 2.45) is 0 Å². The first-order chi connectivity index (χ1) is 10.1. The smallest absolute Gasteiger partial charge is 0.255 e. The number of furan rings is 1. The number of hydrogen-bond donors (Lipinski definition) is 2. The largest absolute Gasteiger partial charge is 0.467 e. The molecule has 5 nitrogen and oxygen atoms in total. The normalized spacial score (nSPS) is 11.9. The summed E-state index contributed by atoms with van der Waals surface area (Å²) >= 11 is 0. The van der Waals surface area contributed by atoms with Crippen LogP contribution in [0.25, 0.3) is 0 Å². The number of rotatable bonds is 6. The van der Waals surface area contributed by atoms with Gasteiger partial charge in [-0.2, -0.15) is 0 Å². The fraction of sp³-hybridized carbons (Fsp3) is 0.250. The van der Waals surface area contributed by atoms with Crippen molar-refractivity contribution in [3.63, 3.8) is 0 Å². The minimum Gasteiger partial charge on any atom is -0.467 e. The Morgan fingerprint density at radius 1 is 1.33 bits per heavy atom. The lowest BCUT2D eigenvalue weighted by atomic mass is 10.1. The van der Waals surface area contributed by atoms with Gasteiger partial charge in [0.25, 0.3) is 5.91 Å². The second kappa shape index (κ2) is 6.85. The molecule has 1 atom stereocenters. The summed E-state index contributed by atoms with van der Waals surface area (Å²) in [4.78, 5) is 22.7. The molecule has 0 saturated heterocycles. The van der Waals surface area contributed by atoms with Crippen molar-refractivity contribution in [2.45, 2.75) is 19.5 Å². The molecule has 0 fully saturated rings. The third-order valence-corrected chi connectivity index (χ3v) is 3.19. The summed E-state index contributed by atoms with van der Waals surface area (Å²) in [6.45, 7) is 2.47. The molecule has 0 aliphatic rings. The van der Waals surface area contributed by atoms with E-state index in [0.29, 0.717) is 23.4 Å². The second-order valence-electron chi connectivity index (χ2n) is 4.81. The van der Waals surface area contributed by atoms with Gasteiger partial charge in [-0.1, -0.05) is 24.3 Å². The van der Waals surface area contributed by atoms with Crippen LogP contribution in [0.5, 0.6) is 0 Å². The molecule has 1 amide bonds. The van der Waals surface area contributed by atoms with Crippen molar-refractivity contribution >= 4 is 12.2 Å². The van der Waals surface area contributed by atoms with E-state index in [9.17, 15) is 9.59 Å². The number of aldehydes is 1. The maximum absolute atomic E-state index is 12.1. The topological polar surface area (TPSA) is 71.3 Å². The van der Waals surface area contributed by atoms with E-state index in [0.717, 1.165) is 11.8 Å². The Balaban J connectivity index is 2.01. The van der Waals surface area contributed by atoms with Crippen molar-refractivity contribution in [3.05, 3.63) is 59.0 Å². The van der Waals surface area contributed by atoms with Crippen LogP contribution in [-0.2, 0) is 6.54 Å². The van der Waals surface area contributed by atoms with Crippen molar-refractivity contribution in [1.82, 2.24) is 10.6 Å². The molecular weight excluding hydrogens is 268 g/mol. The molecule has 1 aromatic carbocycles. The van der Waals surface area contributed by atoms with E-state index in [1.54, 1.807) is 18.2 Å². The zero-order valence-corrected chi connectivity index (χ0v) is 12.1. The Morgan fingerprint density at radius 3 is 2.67 bits per heavy atom. The molecule has 1 unspecified atom stereocenters. The van der Waals surface area contributed by atoms with Gasteiger partial charge < -0.3 is 15.1 Å². The van der Waals surface area contributed by atoms with Crippen LogP contribution < -0.4 is 10.6 Å². The summed E-state index contributed by atoms with van der Waals surface area (Å²) in [5.41, 5.74) is 2.05. The highest BCUT2D eigenvalue weighted by Crippen LogP contribution is 2.15. The highest BCUT2D eigenvalue weighted by atomic mass is 16.3. The van der Waals surface area contributed by atoms with Crippen molar-refractivity contribution in [3.8, 4) is 0 Å². The predicted molar refractivity (Wildman–Crippen MR) is 79.2 cm³/mol. The zero-order chi connectivity index (χ0) is 15.2. The van der Waals surface area contributed by atoms with Crippen LogP contribution in [0, 0.1) is 0 Å². The van der Waals surface area contributed by atoms with Gasteiger partial charge in [0.1, 0.15) is 18.3 Å². The molecule has 2 N–H and O–H groups in total. The van der Waals surface area contributed by atoms with Crippen LogP contribution in [0.4, 0.5) is 0 Å². The second-order valence-corrected chi connectivity index (χ2v) is 4.81. The molecular formula is C16H18N2O3. The molecule has 21 heavy (non-hydrogen) atoms. The Kier molecular flexibility index (Phi) is 4.90. The number of nitrogens with one attached hydrogen (secondary N) is 2. The van der Waals surface area contributed by atoms with Crippen LogP contribution in [0.3, 0.4) is 0 Å². The number of carbonyl (C=O) groups is 2. The van der Waals surface area contributed by atoms with Crippen LogP contribution in [0.15, 0.2) is 41.0 Å². The highest BCUT2D eigenvalue weighted by molar-refractivity contribution is 5.94. The molecule has 0 spiro atoms. The lowest BCUT2D eigenvalue weighted by Crippen LogP contribution is -2.26. The van der Waals surface area contributed by atoms with Gasteiger partial charge in [0.15, 0.2) is 0 Å². The summed E-state index contributed by atoms with van der Waals surface area (Å²) in [7, 11) is 1.81. The molecule has 0 aliphatic heterocycles. The summed E-state index contributed by atoms with van der Waals surface area (Å²) < 4.78 is 5.28. The molecule has 110 valence electrons. The van der Waals surface area contributed by atoms with Crippen molar-refractivity contribution in [1.29, 1.82) is 0 Å². The molecule has 5 heteroatoms. The monoisotopic (exact) mass is 286 g/mol. The summed E-state index contributed by atoms with van der Waals surface area (Å²) in [6.07, 6.45) is 2.24. The van der Waals surface area contributed by atoms with E-state index in [2.05, 4.69) is 10.6 Å². The first-order valence-electron chi connectivity index (χ1n) is 6.72. The van der Waals surface area contributed by atoms with Crippen LogP contribution >= 0.6 is 0 Å². The molecule has 2 rings (SSSR count). The highest BCUT2D eigenvalue weighted by Gasteiger charge is 2.14. The first kappa shape index (κ1) is 15.0. The average molecular weight is 286 g/mol. The number of amides is 1. The van der Waals surface area contributed by atoms with E-state index >= 15 is 0 Å². The molecule has 2 aromatic rings. The van der Waals surface area contributed by atoms with Crippen LogP contribution in [-0.4, -0.2) is 19.2 Å². The van der Waals surface area contributed by atoms with Gasteiger partial charge >= 0.3 is 0 Å². The Bertz CT molecular complexity index is 617. The van der Waals surface area contributed by atoms with E-state index in [-0.39, 0.29) is 11.9 Å². The Morgan fingerprint density at radius 2 is 2.05 bits per heavy atom. The maximum Gasteiger partial charge on any atom is 0.255 e. The molecule has 0 saturated carbocycles. The van der Waals surface area contributed by atoms with Gasteiger partial charge in [0.2, 0.25) is 0 Å². The standard InChI is InChI=1S/C16H18N2O3/c1-11(13-5-3-12(9-19)4-6-13)18-16(20)14-7-15(8-17-2)21-10-14/h3-7,9-11,17H,8H2,1-2H3,(H,18,20). The summed E-state index contributed by atoms with van der Waals surface area (Å²) in [5, 5.41) is 5.86. The van der Waals surface area contributed by atoms with Gasteiger partial charge in [0.05, 0.1) is 18.2 Å². The van der Waals surface area contributed by atoms with E-state index in [4.69, 9.17) is 4.42 Å². The number of hydrogen-bond acceptors (Lipinski definition) is 4.